The number of carbonyl (C=O) groups is 2. The van der Waals surface area contributed by atoms with E-state index in [4.69, 9.17) is 5.73 Å². The maximum atomic E-state index is 15.2. The molecule has 0 aliphatic heterocycles. The number of imidazole rings is 1. The van der Waals surface area contributed by atoms with Crippen LogP contribution in [-0.2, 0) is 17.5 Å². The average Bonchev–Trinajstić information content (AvgIpc) is 3.54. The molecule has 2 amide bonds. The van der Waals surface area contributed by atoms with Crippen molar-refractivity contribution in [1.82, 2.24) is 34.8 Å². The Morgan fingerprint density at radius 2 is 1.91 bits per heavy atom. The van der Waals surface area contributed by atoms with Crippen molar-refractivity contribution in [3.63, 3.8) is 0 Å². The predicted molar refractivity (Wildman–Crippen MR) is 150 cm³/mol. The Bertz CT molecular complexity index is 1710. The van der Waals surface area contributed by atoms with Crippen LogP contribution < -0.4 is 21.7 Å². The maximum Gasteiger partial charge on any atom is 0.435 e. The summed E-state index contributed by atoms with van der Waals surface area (Å²) >= 11 is 0. The molecule has 17 heteroatoms. The Morgan fingerprint density at radius 3 is 2.56 bits per heavy atom. The van der Waals surface area contributed by atoms with Gasteiger partial charge in [0.25, 0.3) is 12.3 Å². The van der Waals surface area contributed by atoms with Crippen molar-refractivity contribution in [3.8, 4) is 11.3 Å². The first kappa shape index (κ1) is 31.7. The second-order valence-electron chi connectivity index (χ2n) is 10.9. The molecular weight excluding hydrogens is 608 g/mol. The van der Waals surface area contributed by atoms with Crippen molar-refractivity contribution in [2.75, 3.05) is 11.9 Å². The molecule has 45 heavy (non-hydrogen) atoms. The van der Waals surface area contributed by atoms with E-state index in [9.17, 15) is 31.5 Å². The zero-order chi connectivity index (χ0) is 32.6. The van der Waals surface area contributed by atoms with Crippen LogP contribution in [0.25, 0.3) is 16.9 Å². The number of amides is 2. The number of aryl methyl sites for hydroxylation is 1. The average molecular weight is 638 g/mol. The molecule has 0 bridgehead atoms. The molecule has 1 aliphatic carbocycles. The molecule has 0 radical (unpaired) electrons. The Morgan fingerprint density at radius 1 is 1.18 bits per heavy atom. The van der Waals surface area contributed by atoms with Crippen LogP contribution >= 0.6 is 0 Å². The molecule has 1 saturated carbocycles. The van der Waals surface area contributed by atoms with Gasteiger partial charge < -0.3 is 21.7 Å². The van der Waals surface area contributed by atoms with Crippen LogP contribution in [0.3, 0.4) is 0 Å². The summed E-state index contributed by atoms with van der Waals surface area (Å²) in [6.45, 7) is 2.31. The van der Waals surface area contributed by atoms with E-state index >= 15 is 4.39 Å². The lowest BCUT2D eigenvalue weighted by Crippen LogP contribution is -2.48. The number of carbonyl (C=O) groups excluding carboxylic acids is 2. The van der Waals surface area contributed by atoms with E-state index in [-0.39, 0.29) is 58.4 Å². The molecule has 0 saturated heterocycles. The summed E-state index contributed by atoms with van der Waals surface area (Å²) in [4.78, 5) is 33.3. The van der Waals surface area contributed by atoms with E-state index in [0.29, 0.717) is 17.5 Å². The standard InChI is InChI=1S/C28H29F6N9O2/c1-13-5-17(8-19(29)22(13)27(45)39-14(2)9-38-26(44)15-6-16(35)7-15)40-24-25-37-10-20(43(25)4-3-36-24)18-11-42(12-21(30)31)41-23(18)28(32,33)34/h3-5,8,10-11,14-16,21H,6-7,9,12,35H2,1-2H3,(H,36,40)(H,38,44)(H,39,45)/t14-,15-,16+/m1/s1. The van der Waals surface area contributed by atoms with Crippen LogP contribution in [0, 0.1) is 18.7 Å². The summed E-state index contributed by atoms with van der Waals surface area (Å²) in [5, 5.41) is 11.6. The monoisotopic (exact) mass is 637 g/mol. The van der Waals surface area contributed by atoms with E-state index in [1.165, 1.54) is 29.8 Å². The molecule has 3 aromatic heterocycles. The lowest BCUT2D eigenvalue weighted by atomic mass is 9.80. The van der Waals surface area contributed by atoms with Crippen LogP contribution in [-0.4, -0.2) is 61.0 Å². The molecule has 1 aliphatic rings. The number of alkyl halides is 5. The first-order chi connectivity index (χ1) is 21.2. The molecule has 1 fully saturated rings. The van der Waals surface area contributed by atoms with Crippen LogP contribution in [0.4, 0.5) is 37.8 Å². The van der Waals surface area contributed by atoms with Crippen LogP contribution in [0.5, 0.6) is 0 Å². The van der Waals surface area contributed by atoms with Gasteiger partial charge in [0.2, 0.25) is 5.91 Å². The first-order valence-corrected chi connectivity index (χ1v) is 13.9. The predicted octanol–water partition coefficient (Wildman–Crippen LogP) is 4.04. The summed E-state index contributed by atoms with van der Waals surface area (Å²) in [6, 6.07) is 2.06. The Hall–Kier alpha value is -4.67. The van der Waals surface area contributed by atoms with Gasteiger partial charge in [0.05, 0.1) is 23.0 Å². The zero-order valence-electron chi connectivity index (χ0n) is 24.0. The van der Waals surface area contributed by atoms with Gasteiger partial charge in [-0.25, -0.2) is 23.1 Å². The van der Waals surface area contributed by atoms with Gasteiger partial charge >= 0.3 is 6.18 Å². The van der Waals surface area contributed by atoms with Crippen LogP contribution in [0.15, 0.2) is 36.9 Å². The van der Waals surface area contributed by atoms with Gasteiger partial charge in [0.15, 0.2) is 17.2 Å². The number of hydrogen-bond donors (Lipinski definition) is 4. The Labute approximate surface area is 252 Å². The number of halogens is 6. The summed E-state index contributed by atoms with van der Waals surface area (Å²) in [6.07, 6.45) is -2.05. The van der Waals surface area contributed by atoms with Gasteiger partial charge in [-0.3, -0.25) is 18.7 Å². The molecule has 5 N–H and O–H groups in total. The molecule has 3 heterocycles. The maximum absolute atomic E-state index is 15.2. The number of nitrogens with two attached hydrogens (primary N) is 1. The molecule has 11 nitrogen and oxygen atoms in total. The van der Waals surface area contributed by atoms with Crippen LogP contribution in [0.1, 0.15) is 41.4 Å². The number of fused-ring (bicyclic) bond motifs is 1. The Balaban J connectivity index is 1.33. The molecule has 5 rings (SSSR count). The summed E-state index contributed by atoms with van der Waals surface area (Å²) in [7, 11) is 0. The highest BCUT2D eigenvalue weighted by molar-refractivity contribution is 5.96. The third kappa shape index (κ3) is 6.87. The highest BCUT2D eigenvalue weighted by Gasteiger charge is 2.38. The van der Waals surface area contributed by atoms with Crippen molar-refractivity contribution < 1.29 is 35.9 Å². The smallest absolute Gasteiger partial charge is 0.354 e. The van der Waals surface area contributed by atoms with Crippen molar-refractivity contribution in [2.45, 2.75) is 57.9 Å². The fraction of sp³-hybridized carbons (Fsp3) is 0.393. The first-order valence-electron chi connectivity index (χ1n) is 13.9. The molecule has 4 aromatic rings. The number of anilines is 2. The molecule has 1 aromatic carbocycles. The van der Waals surface area contributed by atoms with Gasteiger partial charge in [0.1, 0.15) is 12.4 Å². The third-order valence-electron chi connectivity index (χ3n) is 7.34. The Kier molecular flexibility index (Phi) is 8.73. The molecular formula is C28H29F6N9O2. The third-order valence-corrected chi connectivity index (χ3v) is 7.34. The minimum atomic E-state index is -4.93. The number of nitrogens with zero attached hydrogens (tertiary/aromatic N) is 5. The molecule has 0 spiro atoms. The van der Waals surface area contributed by atoms with Crippen LogP contribution in [0.2, 0.25) is 0 Å². The molecule has 0 unspecified atom stereocenters. The van der Waals surface area contributed by atoms with E-state index in [2.05, 4.69) is 31.0 Å². The second-order valence-corrected chi connectivity index (χ2v) is 10.9. The van der Waals surface area contributed by atoms with Gasteiger partial charge in [-0.1, -0.05) is 0 Å². The van der Waals surface area contributed by atoms with Crippen molar-refractivity contribution in [3.05, 3.63) is 59.6 Å². The highest BCUT2D eigenvalue weighted by Crippen LogP contribution is 2.37. The molecule has 240 valence electrons. The van der Waals surface area contributed by atoms with Crippen molar-refractivity contribution in [2.24, 2.45) is 11.7 Å². The minimum Gasteiger partial charge on any atom is -0.354 e. The summed E-state index contributed by atoms with van der Waals surface area (Å²) in [5.74, 6) is -1.79. The van der Waals surface area contributed by atoms with Gasteiger partial charge in [-0.05, 0) is 44.4 Å². The largest absolute Gasteiger partial charge is 0.435 e. The quantitative estimate of drug-likeness (QED) is 0.192. The van der Waals surface area contributed by atoms with Crippen molar-refractivity contribution in [1.29, 1.82) is 0 Å². The number of aromatic nitrogens is 5. The van der Waals surface area contributed by atoms with Gasteiger partial charge in [0, 0.05) is 48.8 Å². The summed E-state index contributed by atoms with van der Waals surface area (Å²) in [5.41, 5.74) is 4.09. The van der Waals surface area contributed by atoms with E-state index in [1.54, 1.807) is 6.92 Å². The normalized spacial score (nSPS) is 17.3. The fourth-order valence-electron chi connectivity index (χ4n) is 5.12. The highest BCUT2D eigenvalue weighted by atomic mass is 19.4. The van der Waals surface area contributed by atoms with E-state index in [0.717, 1.165) is 18.5 Å². The van der Waals surface area contributed by atoms with E-state index < -0.39 is 48.2 Å². The number of rotatable bonds is 10. The van der Waals surface area contributed by atoms with E-state index in [1.807, 2.05) is 0 Å². The van der Waals surface area contributed by atoms with Gasteiger partial charge in [-0.2, -0.15) is 18.3 Å². The summed E-state index contributed by atoms with van der Waals surface area (Å²) < 4.78 is 83.9. The second kappa shape index (κ2) is 12.4. The van der Waals surface area contributed by atoms with Crippen molar-refractivity contribution >= 4 is 29.0 Å². The number of benzene rings is 1. The minimum absolute atomic E-state index is 0.0200. The zero-order valence-corrected chi connectivity index (χ0v) is 24.0. The SMILES string of the molecule is Cc1cc(Nc2nccn3c(-c4cn(CC(F)F)nc4C(F)(F)F)cnc23)cc(F)c1C(=O)N[C@H](C)CNC(=O)[C@H]1C[C@@H](N)C1. The molecule has 1 atom stereocenters. The number of hydrogen-bond acceptors (Lipinski definition) is 7. The fourth-order valence-corrected chi connectivity index (χ4v) is 5.12. The topological polar surface area (TPSA) is 144 Å². The number of nitrogens with one attached hydrogen (secondary N) is 3. The van der Waals surface area contributed by atoms with Gasteiger partial charge in [-0.15, -0.1) is 0 Å². The lowest BCUT2D eigenvalue weighted by molar-refractivity contribution is -0.141. The lowest BCUT2D eigenvalue weighted by Gasteiger charge is -2.31.